The molecule has 0 spiro atoms. The van der Waals surface area contributed by atoms with Gasteiger partial charge in [0.25, 0.3) is 0 Å². The molecule has 0 atom stereocenters. The first-order valence-corrected chi connectivity index (χ1v) is 10.3. The van der Waals surface area contributed by atoms with Crippen molar-refractivity contribution in [1.82, 2.24) is 29.6 Å². The van der Waals surface area contributed by atoms with Crippen molar-refractivity contribution in [3.63, 3.8) is 0 Å². The number of pyridine rings is 1. The molecule has 5 rings (SSSR count). The summed E-state index contributed by atoms with van der Waals surface area (Å²) in [4.78, 5) is 4.85. The number of hydrogen-bond donors (Lipinski definition) is 0. The molecule has 0 fully saturated rings. The van der Waals surface area contributed by atoms with Gasteiger partial charge in [0, 0.05) is 22.5 Å². The smallest absolute Gasteiger partial charge is 0.214 e. The average molecular weight is 419 g/mol. The summed E-state index contributed by atoms with van der Waals surface area (Å²) in [6.07, 6.45) is 2.03. The summed E-state index contributed by atoms with van der Waals surface area (Å²) >= 11 is 7.56. The Bertz CT molecular complexity index is 1260. The van der Waals surface area contributed by atoms with Crippen molar-refractivity contribution in [2.75, 3.05) is 0 Å². The molecule has 0 aliphatic heterocycles. The van der Waals surface area contributed by atoms with E-state index in [0.717, 1.165) is 28.3 Å². The third-order valence-electron chi connectivity index (χ3n) is 4.53. The molecule has 0 N–H and O–H groups in total. The van der Waals surface area contributed by atoms with Gasteiger partial charge in [-0.1, -0.05) is 59.8 Å². The van der Waals surface area contributed by atoms with Crippen molar-refractivity contribution in [3.05, 3.63) is 89.7 Å². The average Bonchev–Trinajstić information content (AvgIpc) is 3.38. The van der Waals surface area contributed by atoms with E-state index in [1.165, 1.54) is 0 Å². The van der Waals surface area contributed by atoms with Crippen molar-refractivity contribution in [3.8, 4) is 16.9 Å². The Hall–Kier alpha value is -3.16. The molecule has 5 aromatic rings. The van der Waals surface area contributed by atoms with Crippen molar-refractivity contribution in [1.29, 1.82) is 0 Å². The summed E-state index contributed by atoms with van der Waals surface area (Å²) in [6, 6.07) is 23.7. The summed E-state index contributed by atoms with van der Waals surface area (Å²) in [5, 5.41) is 13.6. The summed E-state index contributed by atoms with van der Waals surface area (Å²) < 4.78 is 3.83. The van der Waals surface area contributed by atoms with E-state index in [1.54, 1.807) is 16.4 Å². The first-order chi connectivity index (χ1) is 14.3. The lowest BCUT2D eigenvalue weighted by atomic mass is 10.1. The zero-order valence-electron chi connectivity index (χ0n) is 15.2. The third kappa shape index (κ3) is 3.50. The molecule has 142 valence electrons. The van der Waals surface area contributed by atoms with Gasteiger partial charge in [-0.2, -0.15) is 4.68 Å². The number of benzene rings is 2. The van der Waals surface area contributed by atoms with Crippen molar-refractivity contribution < 1.29 is 0 Å². The maximum atomic E-state index is 6.00. The monoisotopic (exact) mass is 418 g/mol. The number of hydrogen-bond acceptors (Lipinski definition) is 5. The van der Waals surface area contributed by atoms with E-state index in [0.29, 0.717) is 15.9 Å². The molecule has 0 radical (unpaired) electrons. The molecular weight excluding hydrogens is 404 g/mol. The minimum atomic E-state index is 0.670. The highest BCUT2D eigenvalue weighted by atomic mass is 35.5. The molecule has 0 aliphatic carbocycles. The first-order valence-electron chi connectivity index (χ1n) is 8.98. The number of fused-ring (bicyclic) bond motifs is 1. The lowest BCUT2D eigenvalue weighted by Gasteiger charge is -2.06. The van der Waals surface area contributed by atoms with Crippen LogP contribution >= 0.6 is 23.4 Å². The van der Waals surface area contributed by atoms with Gasteiger partial charge in [-0.15, -0.1) is 5.10 Å². The van der Waals surface area contributed by atoms with E-state index in [9.17, 15) is 0 Å². The largest absolute Gasteiger partial charge is 0.303 e. The molecule has 8 heteroatoms. The fraction of sp³-hybridized carbons (Fsp3) is 0.0476. The standard InChI is InChI=1S/C21H15ClN6S/c22-16-9-11-17(12-10-16)28-21(24-25-26-28)29-14-18-20(15-6-2-1-3-7-15)23-19-8-4-5-13-27(18)19/h1-13H,14H2. The molecule has 0 saturated heterocycles. The minimum absolute atomic E-state index is 0.670. The van der Waals surface area contributed by atoms with Gasteiger partial charge in [-0.3, -0.25) is 0 Å². The quantitative estimate of drug-likeness (QED) is 0.379. The Balaban J connectivity index is 1.51. The van der Waals surface area contributed by atoms with Crippen LogP contribution in [-0.2, 0) is 5.75 Å². The van der Waals surface area contributed by atoms with Crippen LogP contribution < -0.4 is 0 Å². The van der Waals surface area contributed by atoms with Gasteiger partial charge in [-0.05, 0) is 46.8 Å². The van der Waals surface area contributed by atoms with Crippen molar-refractivity contribution >= 4 is 29.0 Å². The number of thioether (sulfide) groups is 1. The molecule has 0 aliphatic rings. The predicted octanol–water partition coefficient (Wildman–Crippen LogP) is 4.92. The second-order valence-corrected chi connectivity index (χ2v) is 7.72. The van der Waals surface area contributed by atoms with Gasteiger partial charge < -0.3 is 4.40 Å². The van der Waals surface area contributed by atoms with Gasteiger partial charge in [-0.25, -0.2) is 4.98 Å². The fourth-order valence-electron chi connectivity index (χ4n) is 3.16. The van der Waals surface area contributed by atoms with Crippen LogP contribution in [0.2, 0.25) is 5.02 Å². The fourth-order valence-corrected chi connectivity index (χ4v) is 4.18. The van der Waals surface area contributed by atoms with Crippen LogP contribution in [-0.4, -0.2) is 29.6 Å². The number of aromatic nitrogens is 6. The van der Waals surface area contributed by atoms with E-state index in [2.05, 4.69) is 32.1 Å². The second kappa shape index (κ2) is 7.69. The molecular formula is C21H15ClN6S. The maximum Gasteiger partial charge on any atom is 0.214 e. The number of rotatable bonds is 5. The molecule has 0 bridgehead atoms. The van der Waals surface area contributed by atoms with E-state index in [1.807, 2.05) is 66.9 Å². The van der Waals surface area contributed by atoms with Gasteiger partial charge in [0.2, 0.25) is 5.16 Å². The number of tetrazole rings is 1. The first kappa shape index (κ1) is 17.9. The van der Waals surface area contributed by atoms with Crippen LogP contribution in [0.4, 0.5) is 0 Å². The van der Waals surface area contributed by atoms with E-state index in [4.69, 9.17) is 16.6 Å². The Labute approximate surface area is 176 Å². The van der Waals surface area contributed by atoms with E-state index < -0.39 is 0 Å². The van der Waals surface area contributed by atoms with Gasteiger partial charge in [0.05, 0.1) is 17.1 Å². The summed E-state index contributed by atoms with van der Waals surface area (Å²) in [5.41, 5.74) is 4.93. The van der Waals surface area contributed by atoms with Crippen LogP contribution in [0.5, 0.6) is 0 Å². The highest BCUT2D eigenvalue weighted by molar-refractivity contribution is 7.98. The lowest BCUT2D eigenvalue weighted by Crippen LogP contribution is -2.00. The highest BCUT2D eigenvalue weighted by Gasteiger charge is 2.16. The second-order valence-electron chi connectivity index (χ2n) is 6.34. The predicted molar refractivity (Wildman–Crippen MR) is 114 cm³/mol. The molecule has 0 saturated carbocycles. The summed E-state index contributed by atoms with van der Waals surface area (Å²) in [5.74, 6) is 0.670. The van der Waals surface area contributed by atoms with Crippen LogP contribution in [0.3, 0.4) is 0 Å². The molecule has 0 unspecified atom stereocenters. The summed E-state index contributed by atoms with van der Waals surface area (Å²) in [7, 11) is 0. The number of halogens is 1. The Morgan fingerprint density at radius 2 is 1.69 bits per heavy atom. The van der Waals surface area contributed by atoms with Gasteiger partial charge in [0.1, 0.15) is 5.65 Å². The molecule has 6 nitrogen and oxygen atoms in total. The van der Waals surface area contributed by atoms with Crippen LogP contribution in [0.15, 0.2) is 84.1 Å². The number of imidazole rings is 1. The minimum Gasteiger partial charge on any atom is -0.303 e. The Morgan fingerprint density at radius 3 is 2.52 bits per heavy atom. The molecule has 29 heavy (non-hydrogen) atoms. The molecule has 3 heterocycles. The van der Waals surface area contributed by atoms with E-state index in [-0.39, 0.29) is 0 Å². The normalized spacial score (nSPS) is 11.2. The topological polar surface area (TPSA) is 60.9 Å². The maximum absolute atomic E-state index is 6.00. The zero-order valence-corrected chi connectivity index (χ0v) is 16.8. The molecule has 0 amide bonds. The summed E-state index contributed by atoms with van der Waals surface area (Å²) in [6.45, 7) is 0. The van der Waals surface area contributed by atoms with Crippen molar-refractivity contribution in [2.45, 2.75) is 10.9 Å². The lowest BCUT2D eigenvalue weighted by molar-refractivity contribution is 0.756. The highest BCUT2D eigenvalue weighted by Crippen LogP contribution is 2.30. The Morgan fingerprint density at radius 1 is 0.897 bits per heavy atom. The molecule has 2 aromatic carbocycles. The van der Waals surface area contributed by atoms with Gasteiger partial charge >= 0.3 is 0 Å². The number of nitrogens with zero attached hydrogens (tertiary/aromatic N) is 6. The van der Waals surface area contributed by atoms with E-state index >= 15 is 0 Å². The Kier molecular flexibility index (Phi) is 4.75. The van der Waals surface area contributed by atoms with Crippen LogP contribution in [0.25, 0.3) is 22.6 Å². The van der Waals surface area contributed by atoms with Crippen LogP contribution in [0, 0.1) is 0 Å². The third-order valence-corrected chi connectivity index (χ3v) is 5.71. The zero-order chi connectivity index (χ0) is 19.6. The van der Waals surface area contributed by atoms with Crippen molar-refractivity contribution in [2.24, 2.45) is 0 Å². The molecule has 3 aromatic heterocycles. The van der Waals surface area contributed by atoms with Crippen LogP contribution in [0.1, 0.15) is 5.69 Å². The SMILES string of the molecule is Clc1ccc(-n2nnnc2SCc2c(-c3ccccc3)nc3ccccn23)cc1. The van der Waals surface area contributed by atoms with Gasteiger partial charge in [0.15, 0.2) is 0 Å².